The zero-order chi connectivity index (χ0) is 18.2. The standard InChI is InChI=1S/C21H28N2O2/c1-5-23(6-2)15-18-10-8-17(9-11-18)14-22-21(24)19-12-7-16(3)20(13-19)25-4/h7-13H,5-6,14-15H2,1-4H3,(H,22,24)/p+1. The maximum atomic E-state index is 12.3. The maximum Gasteiger partial charge on any atom is 0.251 e. The third-order valence-electron chi connectivity index (χ3n) is 4.60. The van der Waals surface area contributed by atoms with E-state index in [4.69, 9.17) is 4.74 Å². The second-order valence-corrected chi connectivity index (χ2v) is 6.32. The molecule has 134 valence electrons. The number of methoxy groups -OCH3 is 1. The Balaban J connectivity index is 1.93. The van der Waals surface area contributed by atoms with Gasteiger partial charge in [0.05, 0.1) is 20.2 Å². The smallest absolute Gasteiger partial charge is 0.251 e. The van der Waals surface area contributed by atoms with Crippen molar-refractivity contribution in [3.05, 3.63) is 64.7 Å². The van der Waals surface area contributed by atoms with Gasteiger partial charge in [-0.2, -0.15) is 0 Å². The number of nitrogens with one attached hydrogen (secondary N) is 2. The number of carbonyl (C=O) groups excluding carboxylic acids is 1. The van der Waals surface area contributed by atoms with Crippen LogP contribution in [0.15, 0.2) is 42.5 Å². The highest BCUT2D eigenvalue weighted by Gasteiger charge is 2.09. The molecule has 0 fully saturated rings. The zero-order valence-corrected chi connectivity index (χ0v) is 15.7. The lowest BCUT2D eigenvalue weighted by Gasteiger charge is -2.15. The first kappa shape index (κ1) is 19.0. The Hall–Kier alpha value is -2.33. The van der Waals surface area contributed by atoms with Gasteiger partial charge >= 0.3 is 0 Å². The molecular weight excluding hydrogens is 312 g/mol. The van der Waals surface area contributed by atoms with Gasteiger partial charge in [0.2, 0.25) is 0 Å². The van der Waals surface area contributed by atoms with Crippen LogP contribution in [0.25, 0.3) is 0 Å². The van der Waals surface area contributed by atoms with Crippen molar-refractivity contribution >= 4 is 5.91 Å². The lowest BCUT2D eigenvalue weighted by atomic mass is 10.1. The van der Waals surface area contributed by atoms with Crippen LogP contribution in [0.2, 0.25) is 0 Å². The van der Waals surface area contributed by atoms with E-state index < -0.39 is 0 Å². The first-order valence-corrected chi connectivity index (χ1v) is 8.91. The minimum Gasteiger partial charge on any atom is -0.496 e. The molecule has 2 N–H and O–H groups in total. The van der Waals surface area contributed by atoms with E-state index in [2.05, 4.69) is 43.4 Å². The van der Waals surface area contributed by atoms with Crippen molar-refractivity contribution in [1.29, 1.82) is 0 Å². The molecule has 0 spiro atoms. The molecule has 25 heavy (non-hydrogen) atoms. The summed E-state index contributed by atoms with van der Waals surface area (Å²) in [6, 6.07) is 14.0. The van der Waals surface area contributed by atoms with Crippen LogP contribution in [0.3, 0.4) is 0 Å². The van der Waals surface area contributed by atoms with Crippen LogP contribution in [-0.2, 0) is 13.1 Å². The van der Waals surface area contributed by atoms with E-state index >= 15 is 0 Å². The van der Waals surface area contributed by atoms with Crippen LogP contribution in [-0.4, -0.2) is 26.1 Å². The van der Waals surface area contributed by atoms with Gasteiger partial charge in [-0.1, -0.05) is 30.3 Å². The number of quaternary nitrogens is 1. The van der Waals surface area contributed by atoms with E-state index in [1.165, 1.54) is 5.56 Å². The molecular formula is C21H29N2O2+. The number of hydrogen-bond acceptors (Lipinski definition) is 2. The lowest BCUT2D eigenvalue weighted by Crippen LogP contribution is -3.10. The van der Waals surface area contributed by atoms with Gasteiger partial charge in [0.1, 0.15) is 12.3 Å². The summed E-state index contributed by atoms with van der Waals surface area (Å²) >= 11 is 0. The number of ether oxygens (including phenoxy) is 1. The van der Waals surface area contributed by atoms with Gasteiger partial charge in [-0.25, -0.2) is 0 Å². The molecule has 0 atom stereocenters. The topological polar surface area (TPSA) is 42.8 Å². The minimum atomic E-state index is -0.0880. The highest BCUT2D eigenvalue weighted by atomic mass is 16.5. The van der Waals surface area contributed by atoms with Crippen molar-refractivity contribution in [1.82, 2.24) is 5.32 Å². The summed E-state index contributed by atoms with van der Waals surface area (Å²) in [7, 11) is 1.62. The zero-order valence-electron chi connectivity index (χ0n) is 15.7. The van der Waals surface area contributed by atoms with Crippen molar-refractivity contribution in [2.45, 2.75) is 33.9 Å². The third kappa shape index (κ3) is 5.33. The SMILES string of the molecule is CC[NH+](CC)Cc1ccc(CNC(=O)c2ccc(C)c(OC)c2)cc1. The van der Waals surface area contributed by atoms with Crippen LogP contribution in [0.5, 0.6) is 5.75 Å². The Kier molecular flexibility index (Phi) is 7.02. The molecule has 4 nitrogen and oxygen atoms in total. The maximum absolute atomic E-state index is 12.3. The minimum absolute atomic E-state index is 0.0880. The molecule has 0 heterocycles. The van der Waals surface area contributed by atoms with Gasteiger partial charge in [-0.05, 0) is 44.0 Å². The van der Waals surface area contributed by atoms with E-state index in [-0.39, 0.29) is 5.91 Å². The van der Waals surface area contributed by atoms with Crippen molar-refractivity contribution in [3.63, 3.8) is 0 Å². The predicted molar refractivity (Wildman–Crippen MR) is 101 cm³/mol. The van der Waals surface area contributed by atoms with E-state index in [0.29, 0.717) is 12.1 Å². The predicted octanol–water partition coefficient (Wildman–Crippen LogP) is 2.36. The second-order valence-electron chi connectivity index (χ2n) is 6.32. The molecule has 0 aliphatic rings. The average Bonchev–Trinajstić information content (AvgIpc) is 2.65. The number of benzene rings is 2. The molecule has 0 saturated heterocycles. The molecule has 2 rings (SSSR count). The van der Waals surface area contributed by atoms with E-state index in [9.17, 15) is 4.79 Å². The molecule has 0 aliphatic heterocycles. The number of aryl methyl sites for hydroxylation is 1. The summed E-state index contributed by atoms with van der Waals surface area (Å²) in [6.45, 7) is 10.2. The summed E-state index contributed by atoms with van der Waals surface area (Å²) in [6.07, 6.45) is 0. The number of amides is 1. The van der Waals surface area contributed by atoms with Gasteiger partial charge < -0.3 is 15.0 Å². The van der Waals surface area contributed by atoms with Crippen LogP contribution in [0, 0.1) is 6.92 Å². The first-order valence-electron chi connectivity index (χ1n) is 8.91. The Morgan fingerprint density at radius 2 is 1.68 bits per heavy atom. The average molecular weight is 341 g/mol. The molecule has 2 aromatic rings. The van der Waals surface area contributed by atoms with Crippen molar-refractivity contribution < 1.29 is 14.4 Å². The Bertz CT molecular complexity index is 692. The van der Waals surface area contributed by atoms with Gasteiger partial charge in [0.25, 0.3) is 5.91 Å². The van der Waals surface area contributed by atoms with E-state index in [0.717, 1.165) is 36.5 Å². The lowest BCUT2D eigenvalue weighted by molar-refractivity contribution is -0.910. The highest BCUT2D eigenvalue weighted by molar-refractivity contribution is 5.94. The summed E-state index contributed by atoms with van der Waals surface area (Å²) < 4.78 is 5.28. The number of rotatable bonds is 8. The molecule has 0 radical (unpaired) electrons. The summed E-state index contributed by atoms with van der Waals surface area (Å²) in [5.41, 5.74) is 4.07. The van der Waals surface area contributed by atoms with Gasteiger partial charge in [0, 0.05) is 17.7 Å². The van der Waals surface area contributed by atoms with Crippen molar-refractivity contribution in [2.75, 3.05) is 20.2 Å². The van der Waals surface area contributed by atoms with Crippen LogP contribution >= 0.6 is 0 Å². The van der Waals surface area contributed by atoms with Gasteiger partial charge in [-0.3, -0.25) is 4.79 Å². The Labute approximate surface area is 150 Å². The first-order chi connectivity index (χ1) is 12.1. The largest absolute Gasteiger partial charge is 0.496 e. The molecule has 0 unspecified atom stereocenters. The van der Waals surface area contributed by atoms with Crippen LogP contribution in [0.4, 0.5) is 0 Å². The van der Waals surface area contributed by atoms with E-state index in [1.54, 1.807) is 18.1 Å². The highest BCUT2D eigenvalue weighted by Crippen LogP contribution is 2.18. The van der Waals surface area contributed by atoms with Gasteiger partial charge in [-0.15, -0.1) is 0 Å². The van der Waals surface area contributed by atoms with Crippen LogP contribution in [0.1, 0.15) is 40.9 Å². The fraction of sp³-hybridized carbons (Fsp3) is 0.381. The number of carbonyl (C=O) groups is 1. The monoisotopic (exact) mass is 341 g/mol. The molecule has 0 aromatic heterocycles. The normalized spacial score (nSPS) is 10.8. The molecule has 0 aliphatic carbocycles. The quantitative estimate of drug-likeness (QED) is 0.774. The molecule has 0 saturated carbocycles. The molecule has 2 aromatic carbocycles. The summed E-state index contributed by atoms with van der Waals surface area (Å²) in [4.78, 5) is 13.9. The second kappa shape index (κ2) is 9.23. The molecule has 1 amide bonds. The number of hydrogen-bond donors (Lipinski definition) is 2. The Morgan fingerprint density at radius 1 is 1.04 bits per heavy atom. The molecule has 0 bridgehead atoms. The molecule has 4 heteroatoms. The van der Waals surface area contributed by atoms with Crippen molar-refractivity contribution in [3.8, 4) is 5.75 Å². The summed E-state index contributed by atoms with van der Waals surface area (Å²) in [5, 5.41) is 2.97. The van der Waals surface area contributed by atoms with Gasteiger partial charge in [0.15, 0.2) is 0 Å². The summed E-state index contributed by atoms with van der Waals surface area (Å²) in [5.74, 6) is 0.644. The van der Waals surface area contributed by atoms with Crippen LogP contribution < -0.4 is 15.0 Å². The van der Waals surface area contributed by atoms with E-state index in [1.807, 2.05) is 19.1 Å². The van der Waals surface area contributed by atoms with Crippen molar-refractivity contribution in [2.24, 2.45) is 0 Å². The fourth-order valence-corrected chi connectivity index (χ4v) is 2.81. The Morgan fingerprint density at radius 3 is 2.28 bits per heavy atom. The fourth-order valence-electron chi connectivity index (χ4n) is 2.81. The third-order valence-corrected chi connectivity index (χ3v) is 4.60.